The molecule has 17 heavy (non-hydrogen) atoms. The van der Waals surface area contributed by atoms with Gasteiger partial charge in [0.2, 0.25) is 6.79 Å². The van der Waals surface area contributed by atoms with Crippen molar-refractivity contribution in [3.05, 3.63) is 23.8 Å². The molecule has 1 aromatic carbocycles. The van der Waals surface area contributed by atoms with Gasteiger partial charge in [0.1, 0.15) is 0 Å². The van der Waals surface area contributed by atoms with Crippen molar-refractivity contribution >= 4 is 5.91 Å². The number of nitrogens with one attached hydrogen (secondary N) is 1. The van der Waals surface area contributed by atoms with Crippen LogP contribution < -0.4 is 14.8 Å². The Hall–Kier alpha value is -1.71. The normalized spacial score (nSPS) is 14.5. The molecule has 2 rings (SSSR count). The number of hydrogen-bond acceptors (Lipinski definition) is 3. The minimum atomic E-state index is -0.0655. The SMILES string of the molecule is CCC[C@@H](C)NC(=O)c1ccc2c(c1)OCO2. The van der Waals surface area contributed by atoms with Crippen LogP contribution >= 0.6 is 0 Å². The quantitative estimate of drug-likeness (QED) is 0.871. The van der Waals surface area contributed by atoms with Gasteiger partial charge < -0.3 is 14.8 Å². The number of carbonyl (C=O) groups excluding carboxylic acids is 1. The van der Waals surface area contributed by atoms with Crippen LogP contribution in [0.2, 0.25) is 0 Å². The van der Waals surface area contributed by atoms with Crippen molar-refractivity contribution < 1.29 is 14.3 Å². The lowest BCUT2D eigenvalue weighted by molar-refractivity contribution is 0.0938. The first-order valence-electron chi connectivity index (χ1n) is 5.91. The summed E-state index contributed by atoms with van der Waals surface area (Å²) in [4.78, 5) is 11.9. The molecule has 4 nitrogen and oxygen atoms in total. The van der Waals surface area contributed by atoms with Crippen LogP contribution in [0.3, 0.4) is 0 Å². The van der Waals surface area contributed by atoms with E-state index in [9.17, 15) is 4.79 Å². The van der Waals surface area contributed by atoms with E-state index in [4.69, 9.17) is 9.47 Å². The summed E-state index contributed by atoms with van der Waals surface area (Å²) in [5, 5.41) is 2.95. The van der Waals surface area contributed by atoms with Crippen LogP contribution in [0, 0.1) is 0 Å². The average molecular weight is 235 g/mol. The van der Waals surface area contributed by atoms with Crippen LogP contribution in [0.4, 0.5) is 0 Å². The Morgan fingerprint density at radius 2 is 2.18 bits per heavy atom. The first-order chi connectivity index (χ1) is 8.20. The lowest BCUT2D eigenvalue weighted by atomic mass is 10.1. The van der Waals surface area contributed by atoms with E-state index in [0.29, 0.717) is 17.1 Å². The molecule has 0 saturated heterocycles. The second-order valence-corrected chi connectivity index (χ2v) is 4.23. The van der Waals surface area contributed by atoms with Gasteiger partial charge in [0.05, 0.1) is 0 Å². The Balaban J connectivity index is 2.04. The molecular weight excluding hydrogens is 218 g/mol. The molecule has 0 aliphatic carbocycles. The van der Waals surface area contributed by atoms with Crippen molar-refractivity contribution in [2.45, 2.75) is 32.7 Å². The largest absolute Gasteiger partial charge is 0.454 e. The number of ether oxygens (including phenoxy) is 2. The highest BCUT2D eigenvalue weighted by Gasteiger charge is 2.16. The lowest BCUT2D eigenvalue weighted by Crippen LogP contribution is -2.32. The van der Waals surface area contributed by atoms with Gasteiger partial charge >= 0.3 is 0 Å². The Bertz CT molecular complexity index is 417. The van der Waals surface area contributed by atoms with E-state index >= 15 is 0 Å². The first-order valence-corrected chi connectivity index (χ1v) is 5.91. The Labute approximate surface area is 101 Å². The van der Waals surface area contributed by atoms with E-state index in [1.165, 1.54) is 0 Å². The molecule has 0 unspecified atom stereocenters. The van der Waals surface area contributed by atoms with Gasteiger partial charge in [-0.1, -0.05) is 13.3 Å². The highest BCUT2D eigenvalue weighted by Crippen LogP contribution is 2.32. The van der Waals surface area contributed by atoms with Crippen molar-refractivity contribution in [1.29, 1.82) is 0 Å². The Kier molecular flexibility index (Phi) is 3.52. The van der Waals surface area contributed by atoms with Crippen LogP contribution in [0.1, 0.15) is 37.0 Å². The average Bonchev–Trinajstić information content (AvgIpc) is 2.75. The zero-order chi connectivity index (χ0) is 12.3. The lowest BCUT2D eigenvalue weighted by Gasteiger charge is -2.12. The van der Waals surface area contributed by atoms with E-state index < -0.39 is 0 Å². The predicted molar refractivity (Wildman–Crippen MR) is 64.4 cm³/mol. The summed E-state index contributed by atoms with van der Waals surface area (Å²) in [6, 6.07) is 5.43. The van der Waals surface area contributed by atoms with E-state index in [0.717, 1.165) is 12.8 Å². The summed E-state index contributed by atoms with van der Waals surface area (Å²) in [6.45, 7) is 4.34. The van der Waals surface area contributed by atoms with Gasteiger partial charge in [0.15, 0.2) is 11.5 Å². The van der Waals surface area contributed by atoms with Crippen molar-refractivity contribution in [3.63, 3.8) is 0 Å². The molecule has 0 saturated carbocycles. The molecule has 1 atom stereocenters. The molecule has 1 aliphatic rings. The molecule has 92 valence electrons. The highest BCUT2D eigenvalue weighted by molar-refractivity contribution is 5.95. The zero-order valence-corrected chi connectivity index (χ0v) is 10.2. The minimum Gasteiger partial charge on any atom is -0.454 e. The number of rotatable bonds is 4. The molecule has 0 bridgehead atoms. The van der Waals surface area contributed by atoms with Gasteiger partial charge in [-0.05, 0) is 31.5 Å². The maximum Gasteiger partial charge on any atom is 0.251 e. The number of carbonyl (C=O) groups is 1. The van der Waals surface area contributed by atoms with Crippen molar-refractivity contribution in [3.8, 4) is 11.5 Å². The van der Waals surface area contributed by atoms with Crippen LogP contribution in [-0.2, 0) is 0 Å². The summed E-state index contributed by atoms with van der Waals surface area (Å²) in [5.41, 5.74) is 0.609. The number of amides is 1. The molecule has 0 aromatic heterocycles. The number of hydrogen-bond donors (Lipinski definition) is 1. The van der Waals surface area contributed by atoms with Crippen LogP contribution in [-0.4, -0.2) is 18.7 Å². The molecule has 4 heteroatoms. The van der Waals surface area contributed by atoms with Gasteiger partial charge in [-0.3, -0.25) is 4.79 Å². The summed E-state index contributed by atoms with van der Waals surface area (Å²) in [7, 11) is 0. The van der Waals surface area contributed by atoms with E-state index in [1.54, 1.807) is 18.2 Å². The number of fused-ring (bicyclic) bond motifs is 1. The molecule has 0 fully saturated rings. The van der Waals surface area contributed by atoms with E-state index in [-0.39, 0.29) is 18.7 Å². The topological polar surface area (TPSA) is 47.6 Å². The Morgan fingerprint density at radius 3 is 2.94 bits per heavy atom. The highest BCUT2D eigenvalue weighted by atomic mass is 16.7. The third-order valence-corrected chi connectivity index (χ3v) is 2.73. The molecule has 1 N–H and O–H groups in total. The van der Waals surface area contributed by atoms with Crippen molar-refractivity contribution in [2.24, 2.45) is 0 Å². The summed E-state index contributed by atoms with van der Waals surface area (Å²) < 4.78 is 10.4. The van der Waals surface area contributed by atoms with Crippen LogP contribution in [0.5, 0.6) is 11.5 Å². The van der Waals surface area contributed by atoms with Crippen molar-refractivity contribution in [2.75, 3.05) is 6.79 Å². The molecule has 0 radical (unpaired) electrons. The van der Waals surface area contributed by atoms with Gasteiger partial charge in [-0.25, -0.2) is 0 Å². The first kappa shape index (κ1) is 11.8. The molecule has 1 aromatic rings. The second kappa shape index (κ2) is 5.08. The summed E-state index contributed by atoms with van der Waals surface area (Å²) >= 11 is 0. The fourth-order valence-corrected chi connectivity index (χ4v) is 1.85. The molecule has 1 aliphatic heterocycles. The molecular formula is C13H17NO3. The Morgan fingerprint density at radius 1 is 1.41 bits per heavy atom. The molecule has 1 amide bonds. The summed E-state index contributed by atoms with van der Waals surface area (Å²) in [5.74, 6) is 1.27. The van der Waals surface area contributed by atoms with E-state index in [2.05, 4.69) is 12.2 Å². The van der Waals surface area contributed by atoms with Crippen LogP contribution in [0.25, 0.3) is 0 Å². The maximum absolute atomic E-state index is 11.9. The maximum atomic E-state index is 11.9. The van der Waals surface area contributed by atoms with Crippen molar-refractivity contribution in [1.82, 2.24) is 5.32 Å². The standard InChI is InChI=1S/C13H17NO3/c1-3-4-9(2)14-13(15)10-5-6-11-12(7-10)17-8-16-11/h5-7,9H,3-4,8H2,1-2H3,(H,14,15)/t9-/m1/s1. The van der Waals surface area contributed by atoms with Gasteiger partial charge in [0, 0.05) is 11.6 Å². The van der Waals surface area contributed by atoms with Gasteiger partial charge in [-0.2, -0.15) is 0 Å². The fraction of sp³-hybridized carbons (Fsp3) is 0.462. The van der Waals surface area contributed by atoms with Gasteiger partial charge in [0.25, 0.3) is 5.91 Å². The van der Waals surface area contributed by atoms with Gasteiger partial charge in [-0.15, -0.1) is 0 Å². The smallest absolute Gasteiger partial charge is 0.251 e. The number of benzene rings is 1. The van der Waals surface area contributed by atoms with Crippen LogP contribution in [0.15, 0.2) is 18.2 Å². The predicted octanol–water partition coefficient (Wildman–Crippen LogP) is 2.33. The summed E-state index contributed by atoms with van der Waals surface area (Å²) in [6.07, 6.45) is 2.04. The second-order valence-electron chi connectivity index (χ2n) is 4.23. The van der Waals surface area contributed by atoms with E-state index in [1.807, 2.05) is 6.92 Å². The monoisotopic (exact) mass is 235 g/mol. The third-order valence-electron chi connectivity index (χ3n) is 2.73. The fourth-order valence-electron chi connectivity index (χ4n) is 1.85. The zero-order valence-electron chi connectivity index (χ0n) is 10.2. The molecule has 0 spiro atoms. The third kappa shape index (κ3) is 2.70. The minimum absolute atomic E-state index is 0.0655. The molecule has 1 heterocycles.